The molecule has 0 aliphatic rings. The van der Waals surface area contributed by atoms with E-state index in [-0.39, 0.29) is 18.9 Å². The van der Waals surface area contributed by atoms with Crippen molar-refractivity contribution in [3.63, 3.8) is 0 Å². The molecule has 0 bridgehead atoms. The van der Waals surface area contributed by atoms with Crippen molar-refractivity contribution in [2.24, 2.45) is 0 Å². The van der Waals surface area contributed by atoms with Crippen LogP contribution in [0.5, 0.6) is 0 Å². The van der Waals surface area contributed by atoms with Gasteiger partial charge in [0.25, 0.3) is 0 Å². The molecule has 0 rings (SSSR count). The molecule has 0 saturated heterocycles. The number of carbonyl (C=O) groups excluding carboxylic acids is 1. The van der Waals surface area contributed by atoms with Crippen molar-refractivity contribution in [2.75, 3.05) is 40.9 Å². The summed E-state index contributed by atoms with van der Waals surface area (Å²) in [5.41, 5.74) is 0. The van der Waals surface area contributed by atoms with Gasteiger partial charge >= 0.3 is 7.82 Å². The van der Waals surface area contributed by atoms with E-state index in [0.717, 1.165) is 64.2 Å². The van der Waals surface area contributed by atoms with E-state index in [1.54, 1.807) is 0 Å². The maximum absolute atomic E-state index is 13.0. The number of aliphatic hydroxyl groups excluding tert-OH is 2. The second-order valence-corrected chi connectivity index (χ2v) is 19.8. The van der Waals surface area contributed by atoms with Crippen LogP contribution in [0.4, 0.5) is 0 Å². The van der Waals surface area contributed by atoms with Gasteiger partial charge in [-0.3, -0.25) is 13.8 Å². The molecule has 0 heterocycles. The van der Waals surface area contributed by atoms with Crippen LogP contribution in [0.1, 0.15) is 200 Å². The first kappa shape index (κ1) is 60.9. The van der Waals surface area contributed by atoms with Gasteiger partial charge in [-0.05, 0) is 96.8 Å². The van der Waals surface area contributed by atoms with E-state index >= 15 is 0 Å². The Morgan fingerprint density at radius 2 is 1.02 bits per heavy atom. The molecular formula is C53H98N2O7P+. The molecule has 4 unspecified atom stereocenters. The minimum Gasteiger partial charge on any atom is -0.390 e. The first-order valence-electron chi connectivity index (χ1n) is 25.4. The summed E-state index contributed by atoms with van der Waals surface area (Å²) in [4.78, 5) is 23.2. The lowest BCUT2D eigenvalue weighted by atomic mass is 10.0. The molecule has 63 heavy (non-hydrogen) atoms. The van der Waals surface area contributed by atoms with Crippen molar-refractivity contribution < 1.29 is 38.0 Å². The monoisotopic (exact) mass is 906 g/mol. The average Bonchev–Trinajstić information content (AvgIpc) is 3.24. The summed E-state index contributed by atoms with van der Waals surface area (Å²) in [6.45, 7) is 4.34. The summed E-state index contributed by atoms with van der Waals surface area (Å²) in [6.07, 6.45) is 55.7. The van der Waals surface area contributed by atoms with Crippen LogP contribution in [-0.2, 0) is 18.4 Å². The van der Waals surface area contributed by atoms with Gasteiger partial charge in [-0.25, -0.2) is 4.57 Å². The molecule has 0 aliphatic carbocycles. The lowest BCUT2D eigenvalue weighted by molar-refractivity contribution is -0.870. The molecule has 1 amide bonds. The third-order valence-electron chi connectivity index (χ3n) is 11.1. The first-order chi connectivity index (χ1) is 30.4. The maximum Gasteiger partial charge on any atom is 0.472 e. The largest absolute Gasteiger partial charge is 0.472 e. The van der Waals surface area contributed by atoms with Gasteiger partial charge in [-0.1, -0.05) is 170 Å². The summed E-state index contributed by atoms with van der Waals surface area (Å²) in [5.74, 6) is -0.280. The molecule has 0 aliphatic heterocycles. The molecule has 0 aromatic rings. The molecule has 4 atom stereocenters. The third kappa shape index (κ3) is 44.9. The number of aliphatic hydroxyl groups is 2. The van der Waals surface area contributed by atoms with Crippen LogP contribution in [0.15, 0.2) is 72.9 Å². The molecule has 0 aromatic heterocycles. The highest BCUT2D eigenvalue weighted by molar-refractivity contribution is 7.47. The van der Waals surface area contributed by atoms with Gasteiger partial charge < -0.3 is 24.9 Å². The number of phosphoric acid groups is 1. The van der Waals surface area contributed by atoms with Crippen LogP contribution >= 0.6 is 7.82 Å². The Bertz CT molecular complexity index is 1270. The fourth-order valence-electron chi connectivity index (χ4n) is 7.01. The lowest BCUT2D eigenvalue weighted by Gasteiger charge is -2.28. The smallest absolute Gasteiger partial charge is 0.390 e. The quantitative estimate of drug-likeness (QED) is 0.0208. The number of hydrogen-bond acceptors (Lipinski definition) is 6. The number of phosphoric ester groups is 1. The summed E-state index contributed by atoms with van der Waals surface area (Å²) < 4.78 is 23.5. The zero-order chi connectivity index (χ0) is 46.5. The number of unbranched alkanes of at least 4 members (excludes halogenated alkanes) is 20. The minimum atomic E-state index is -4.43. The van der Waals surface area contributed by atoms with Crippen LogP contribution in [0.3, 0.4) is 0 Å². The molecule has 0 spiro atoms. The van der Waals surface area contributed by atoms with Crippen LogP contribution < -0.4 is 5.32 Å². The van der Waals surface area contributed by atoms with Crippen molar-refractivity contribution in [2.45, 2.75) is 218 Å². The highest BCUT2D eigenvalue weighted by Crippen LogP contribution is 2.43. The van der Waals surface area contributed by atoms with Crippen molar-refractivity contribution in [3.05, 3.63) is 72.9 Å². The molecule has 366 valence electrons. The molecule has 9 nitrogen and oxygen atoms in total. The number of likely N-dealkylation sites (N-methyl/N-ethyl adjacent to an activating group) is 1. The second kappa shape index (κ2) is 43.8. The van der Waals surface area contributed by atoms with Crippen LogP contribution in [0, 0.1) is 0 Å². The van der Waals surface area contributed by atoms with Crippen molar-refractivity contribution in [1.82, 2.24) is 5.32 Å². The highest BCUT2D eigenvalue weighted by atomic mass is 31.2. The van der Waals surface area contributed by atoms with Crippen molar-refractivity contribution >= 4 is 13.7 Å². The summed E-state index contributed by atoms with van der Waals surface area (Å²) in [6, 6.07) is -1.06. The number of nitrogens with one attached hydrogen (secondary N) is 1. The molecule has 4 N–H and O–H groups in total. The number of rotatable bonds is 45. The zero-order valence-corrected chi connectivity index (χ0v) is 42.1. The zero-order valence-electron chi connectivity index (χ0n) is 41.2. The average molecular weight is 906 g/mol. The van der Waals surface area contributed by atoms with Gasteiger partial charge in [0.05, 0.1) is 39.9 Å². The number of allylic oxidation sites excluding steroid dienone is 12. The Hall–Kier alpha value is -2.10. The fourth-order valence-corrected chi connectivity index (χ4v) is 7.75. The number of quaternary nitrogens is 1. The third-order valence-corrected chi connectivity index (χ3v) is 12.1. The van der Waals surface area contributed by atoms with E-state index in [1.165, 1.54) is 96.3 Å². The number of nitrogens with zero attached hydrogens (tertiary/aromatic N) is 1. The molecule has 0 aromatic carbocycles. The van der Waals surface area contributed by atoms with E-state index in [1.807, 2.05) is 28.1 Å². The van der Waals surface area contributed by atoms with E-state index in [9.17, 15) is 24.5 Å². The minimum absolute atomic E-state index is 0.00898. The SMILES string of the molecule is C/C=C/CC/C=C/CC/C=C/CCCC(O)C(O)C(COP(=O)(O)OCC[N+](C)(C)C)NC(=O)CCCCCCCCCCCCCC/C=C\C/C=C\C/C=C\CCCCCCC. The van der Waals surface area contributed by atoms with E-state index in [4.69, 9.17) is 9.05 Å². The normalized spacial score (nSPS) is 15.2. The van der Waals surface area contributed by atoms with Gasteiger partial charge in [-0.2, -0.15) is 0 Å². The van der Waals surface area contributed by atoms with Crippen LogP contribution in [0.2, 0.25) is 0 Å². The Labute approximate surface area is 387 Å². The molecule has 0 fully saturated rings. The number of hydrogen-bond donors (Lipinski definition) is 4. The highest BCUT2D eigenvalue weighted by Gasteiger charge is 2.31. The summed E-state index contributed by atoms with van der Waals surface area (Å²) in [7, 11) is 1.39. The molecule has 0 radical (unpaired) electrons. The topological polar surface area (TPSA) is 125 Å². The first-order valence-corrected chi connectivity index (χ1v) is 26.8. The van der Waals surface area contributed by atoms with Gasteiger partial charge in [0.2, 0.25) is 5.91 Å². The van der Waals surface area contributed by atoms with Crippen LogP contribution in [0.25, 0.3) is 0 Å². The second-order valence-electron chi connectivity index (χ2n) is 18.3. The van der Waals surface area contributed by atoms with E-state index < -0.39 is 32.7 Å². The van der Waals surface area contributed by atoms with Crippen molar-refractivity contribution in [3.8, 4) is 0 Å². The predicted molar refractivity (Wildman–Crippen MR) is 269 cm³/mol. The van der Waals surface area contributed by atoms with Gasteiger partial charge in [-0.15, -0.1) is 0 Å². The van der Waals surface area contributed by atoms with Crippen molar-refractivity contribution in [1.29, 1.82) is 0 Å². The molecule has 10 heteroatoms. The van der Waals surface area contributed by atoms with Gasteiger partial charge in [0, 0.05) is 6.42 Å². The number of amides is 1. The van der Waals surface area contributed by atoms with Gasteiger partial charge in [0.15, 0.2) is 0 Å². The predicted octanol–water partition coefficient (Wildman–Crippen LogP) is 13.7. The maximum atomic E-state index is 13.0. The van der Waals surface area contributed by atoms with Crippen LogP contribution in [-0.4, -0.2) is 84.6 Å². The number of carbonyl (C=O) groups is 1. The Kier molecular flexibility index (Phi) is 42.3. The Balaban J connectivity index is 4.30. The van der Waals surface area contributed by atoms with E-state index in [0.29, 0.717) is 30.3 Å². The molecular weight excluding hydrogens is 808 g/mol. The summed E-state index contributed by atoms with van der Waals surface area (Å²) >= 11 is 0. The Morgan fingerprint density at radius 3 is 1.52 bits per heavy atom. The van der Waals surface area contributed by atoms with Gasteiger partial charge in [0.1, 0.15) is 19.3 Å². The Morgan fingerprint density at radius 1 is 0.587 bits per heavy atom. The van der Waals surface area contributed by atoms with E-state index in [2.05, 4.69) is 85.2 Å². The fraction of sp³-hybridized carbons (Fsp3) is 0.755. The molecule has 0 saturated carbocycles. The standard InChI is InChI=1S/C53H97N2O7P/c1-6-8-10-12-14-16-18-20-21-22-23-24-25-26-27-28-29-30-31-32-33-34-36-38-40-42-44-46-52(57)54-50(49-62-63(59,60)61-48-47-55(3,4)5)53(58)51(56)45-43-41-39-37-35-19-17-15-13-11-9-7-2/h7,9,15,17-18,20,22-23,25-26,37,39,50-51,53,56,58H,6,8,10-14,16,19,21,24,27-36,38,40-49H2,1-5H3,(H-,54,57,59,60)/p+1/b9-7+,17-15+,20-18-,23-22-,26-25-,39-37+. The summed E-state index contributed by atoms with van der Waals surface area (Å²) in [5, 5.41) is 24.7. The lowest BCUT2D eigenvalue weighted by Crippen LogP contribution is -2.51.